The van der Waals surface area contributed by atoms with Crippen LogP contribution >= 0.6 is 0 Å². The molecule has 0 spiro atoms. The van der Waals surface area contributed by atoms with Crippen LogP contribution in [-0.4, -0.2) is 30.8 Å². The van der Waals surface area contributed by atoms with E-state index in [-0.39, 0.29) is 0 Å². The third kappa shape index (κ3) is 13.3. The van der Waals surface area contributed by atoms with Crippen molar-refractivity contribution >= 4 is 5.90 Å². The van der Waals surface area contributed by atoms with Gasteiger partial charge in [0, 0.05) is 13.5 Å². The van der Waals surface area contributed by atoms with Gasteiger partial charge in [-0.3, -0.25) is 0 Å². The summed E-state index contributed by atoms with van der Waals surface area (Å²) in [6, 6.07) is 0. The van der Waals surface area contributed by atoms with Gasteiger partial charge in [-0.1, -0.05) is 37.3 Å². The van der Waals surface area contributed by atoms with Crippen molar-refractivity contribution < 1.29 is 14.7 Å². The van der Waals surface area contributed by atoms with Crippen LogP contribution in [0.15, 0.2) is 5.16 Å². The Hall–Kier alpha value is -0.770. The minimum Gasteiger partial charge on any atom is -0.479 e. The first-order chi connectivity index (χ1) is 8.81. The first-order valence-corrected chi connectivity index (χ1v) is 7.21. The second-order valence-corrected chi connectivity index (χ2v) is 4.43. The van der Waals surface area contributed by atoms with E-state index >= 15 is 0 Å². The van der Waals surface area contributed by atoms with Crippen molar-refractivity contribution in [3.8, 4) is 0 Å². The maximum absolute atomic E-state index is 8.63. The Labute approximate surface area is 111 Å². The third-order valence-corrected chi connectivity index (χ3v) is 2.69. The fourth-order valence-electron chi connectivity index (χ4n) is 1.71. The van der Waals surface area contributed by atoms with Gasteiger partial charge in [0.2, 0.25) is 5.90 Å². The van der Waals surface area contributed by atoms with Crippen LogP contribution in [0.1, 0.15) is 65.2 Å². The molecule has 0 aromatic heterocycles. The molecule has 0 aromatic rings. The zero-order chi connectivity index (χ0) is 13.5. The molecule has 0 atom stereocenters. The summed E-state index contributed by atoms with van der Waals surface area (Å²) in [6.07, 6.45) is 9.43. The van der Waals surface area contributed by atoms with E-state index in [1.54, 1.807) is 6.92 Å². The van der Waals surface area contributed by atoms with Crippen LogP contribution in [0.3, 0.4) is 0 Å². The summed E-state index contributed by atoms with van der Waals surface area (Å²) in [4.78, 5) is 5.14. The molecule has 0 aromatic carbocycles. The monoisotopic (exact) mass is 259 g/mol. The van der Waals surface area contributed by atoms with E-state index < -0.39 is 0 Å². The van der Waals surface area contributed by atoms with Gasteiger partial charge >= 0.3 is 0 Å². The van der Waals surface area contributed by atoms with Crippen LogP contribution in [-0.2, 0) is 9.57 Å². The van der Waals surface area contributed by atoms with Crippen molar-refractivity contribution in [3.05, 3.63) is 0 Å². The maximum atomic E-state index is 8.63. The van der Waals surface area contributed by atoms with Gasteiger partial charge in [0.05, 0.1) is 6.61 Å². The molecule has 4 nitrogen and oxygen atoms in total. The number of nitrogens with zero attached hydrogens (tertiary/aromatic N) is 1. The Morgan fingerprint density at radius 3 is 2.06 bits per heavy atom. The van der Waals surface area contributed by atoms with Gasteiger partial charge in [0.1, 0.15) is 6.61 Å². The zero-order valence-electron chi connectivity index (χ0n) is 12.0. The molecule has 0 fully saturated rings. The SMILES string of the molecule is CCOC(C)=NOCCCCCCCCCCO. The summed E-state index contributed by atoms with van der Waals surface area (Å²) >= 11 is 0. The predicted octanol–water partition coefficient (Wildman–Crippen LogP) is 3.49. The van der Waals surface area contributed by atoms with Gasteiger partial charge < -0.3 is 14.7 Å². The highest BCUT2D eigenvalue weighted by molar-refractivity contribution is 5.72. The molecule has 0 bridgehead atoms. The minimum atomic E-state index is 0.332. The van der Waals surface area contributed by atoms with E-state index in [0.717, 1.165) is 19.3 Å². The number of ether oxygens (including phenoxy) is 1. The molecular formula is C14H29NO3. The summed E-state index contributed by atoms with van der Waals surface area (Å²) in [7, 11) is 0. The molecule has 0 aliphatic rings. The summed E-state index contributed by atoms with van der Waals surface area (Å²) < 4.78 is 5.14. The number of unbranched alkanes of at least 4 members (excludes halogenated alkanes) is 7. The molecule has 0 radical (unpaired) electrons. The Balaban J connectivity index is 3.09. The highest BCUT2D eigenvalue weighted by Crippen LogP contribution is 2.08. The summed E-state index contributed by atoms with van der Waals surface area (Å²) in [5.41, 5.74) is 0. The number of aliphatic hydroxyl groups is 1. The van der Waals surface area contributed by atoms with Crippen LogP contribution in [0.5, 0.6) is 0 Å². The van der Waals surface area contributed by atoms with Crippen LogP contribution in [0.2, 0.25) is 0 Å². The lowest BCUT2D eigenvalue weighted by molar-refractivity contribution is 0.128. The lowest BCUT2D eigenvalue weighted by atomic mass is 10.1. The Morgan fingerprint density at radius 1 is 0.944 bits per heavy atom. The second kappa shape index (κ2) is 14.3. The third-order valence-electron chi connectivity index (χ3n) is 2.69. The fourth-order valence-corrected chi connectivity index (χ4v) is 1.71. The Morgan fingerprint density at radius 2 is 1.50 bits per heavy atom. The van der Waals surface area contributed by atoms with E-state index in [0.29, 0.717) is 25.7 Å². The van der Waals surface area contributed by atoms with Gasteiger partial charge in [-0.25, -0.2) is 0 Å². The molecule has 108 valence electrons. The molecule has 0 aliphatic heterocycles. The molecule has 0 heterocycles. The summed E-state index contributed by atoms with van der Waals surface area (Å²) in [6.45, 7) is 5.37. The van der Waals surface area contributed by atoms with Gasteiger partial charge in [-0.2, -0.15) is 0 Å². The van der Waals surface area contributed by atoms with Gasteiger partial charge in [0.15, 0.2) is 0 Å². The standard InChI is InChI=1S/C14H29NO3/c1-3-17-14(2)15-18-13-11-9-7-5-4-6-8-10-12-16/h16H,3-13H2,1-2H3. The van der Waals surface area contributed by atoms with E-state index in [4.69, 9.17) is 14.7 Å². The van der Waals surface area contributed by atoms with Gasteiger partial charge in [0.25, 0.3) is 0 Å². The number of hydrogen-bond acceptors (Lipinski definition) is 4. The molecule has 0 unspecified atom stereocenters. The Bertz CT molecular complexity index is 195. The molecule has 4 heteroatoms. The van der Waals surface area contributed by atoms with E-state index in [1.807, 2.05) is 6.92 Å². The summed E-state index contributed by atoms with van der Waals surface area (Å²) in [5, 5.41) is 12.5. The molecule has 0 rings (SSSR count). The number of rotatable bonds is 12. The van der Waals surface area contributed by atoms with Crippen molar-refractivity contribution in [1.82, 2.24) is 0 Å². The highest BCUT2D eigenvalue weighted by atomic mass is 16.6. The van der Waals surface area contributed by atoms with Crippen LogP contribution < -0.4 is 0 Å². The molecular weight excluding hydrogens is 230 g/mol. The maximum Gasteiger partial charge on any atom is 0.222 e. The minimum absolute atomic E-state index is 0.332. The van der Waals surface area contributed by atoms with Crippen molar-refractivity contribution in [3.63, 3.8) is 0 Å². The first-order valence-electron chi connectivity index (χ1n) is 7.21. The van der Waals surface area contributed by atoms with E-state index in [9.17, 15) is 0 Å². The first kappa shape index (κ1) is 17.2. The molecule has 0 aliphatic carbocycles. The van der Waals surface area contributed by atoms with E-state index in [2.05, 4.69) is 5.16 Å². The second-order valence-electron chi connectivity index (χ2n) is 4.43. The van der Waals surface area contributed by atoms with Crippen LogP contribution in [0.4, 0.5) is 0 Å². The lowest BCUT2D eigenvalue weighted by Gasteiger charge is -2.03. The van der Waals surface area contributed by atoms with E-state index in [1.165, 1.54) is 32.1 Å². The van der Waals surface area contributed by atoms with Crippen LogP contribution in [0.25, 0.3) is 0 Å². The van der Waals surface area contributed by atoms with Crippen LogP contribution in [0, 0.1) is 0 Å². The van der Waals surface area contributed by atoms with Gasteiger partial charge in [-0.05, 0) is 26.2 Å². The smallest absolute Gasteiger partial charge is 0.222 e. The molecule has 1 N–H and O–H groups in total. The number of aliphatic hydroxyl groups excluding tert-OH is 1. The number of oxime groups is 1. The normalized spacial score (nSPS) is 11.6. The van der Waals surface area contributed by atoms with Crippen molar-refractivity contribution in [2.45, 2.75) is 65.2 Å². The fraction of sp³-hybridized carbons (Fsp3) is 0.929. The zero-order valence-corrected chi connectivity index (χ0v) is 12.0. The van der Waals surface area contributed by atoms with Crippen molar-refractivity contribution in [1.29, 1.82) is 0 Å². The average molecular weight is 259 g/mol. The quantitative estimate of drug-likeness (QED) is 0.253. The molecule has 18 heavy (non-hydrogen) atoms. The lowest BCUT2D eigenvalue weighted by Crippen LogP contribution is -2.00. The topological polar surface area (TPSA) is 51.0 Å². The summed E-state index contributed by atoms with van der Waals surface area (Å²) in [5.74, 6) is 0.599. The largest absolute Gasteiger partial charge is 0.479 e. The van der Waals surface area contributed by atoms with Crippen molar-refractivity contribution in [2.24, 2.45) is 5.16 Å². The highest BCUT2D eigenvalue weighted by Gasteiger charge is 1.93. The molecule has 0 amide bonds. The number of hydrogen-bond donors (Lipinski definition) is 1. The molecule has 0 saturated heterocycles. The predicted molar refractivity (Wildman–Crippen MR) is 74.7 cm³/mol. The Kier molecular flexibility index (Phi) is 13.7. The van der Waals surface area contributed by atoms with Gasteiger partial charge in [-0.15, -0.1) is 0 Å². The average Bonchev–Trinajstić information content (AvgIpc) is 2.36. The molecule has 0 saturated carbocycles. The van der Waals surface area contributed by atoms with Crippen molar-refractivity contribution in [2.75, 3.05) is 19.8 Å².